The largest absolute Gasteiger partial charge is 0.478 e. The minimum Gasteiger partial charge on any atom is -0.478 e. The Morgan fingerprint density at radius 1 is 1.28 bits per heavy atom. The highest BCUT2D eigenvalue weighted by atomic mass is 32.1. The molecule has 3 aliphatic heterocycles. The number of thiazole rings is 1. The van der Waals surface area contributed by atoms with E-state index in [0.29, 0.717) is 48.2 Å². The fourth-order valence-corrected chi connectivity index (χ4v) is 7.02. The van der Waals surface area contributed by atoms with E-state index >= 15 is 8.78 Å². The summed E-state index contributed by atoms with van der Waals surface area (Å²) < 4.78 is 46.0. The van der Waals surface area contributed by atoms with E-state index in [1.54, 1.807) is 29.5 Å². The fourth-order valence-electron chi connectivity index (χ4n) is 6.43. The van der Waals surface area contributed by atoms with E-state index in [1.807, 2.05) is 18.7 Å². The number of fused-ring (bicyclic) bond motifs is 1. The Balaban J connectivity index is 1.29. The lowest BCUT2D eigenvalue weighted by Gasteiger charge is -2.31. The molecule has 0 aliphatic carbocycles. The topological polar surface area (TPSA) is 136 Å². The van der Waals surface area contributed by atoms with Crippen LogP contribution in [0.1, 0.15) is 54.7 Å². The number of benzene rings is 1. The number of tetrazole rings is 1. The minimum absolute atomic E-state index is 0.0588. The number of hydrogen-bond donors (Lipinski definition) is 3. The Hall–Kier alpha value is -3.69. The summed E-state index contributed by atoms with van der Waals surface area (Å²) in [6.07, 6.45) is 2.68. The molecule has 0 unspecified atom stereocenters. The van der Waals surface area contributed by atoms with Crippen molar-refractivity contribution in [2.75, 3.05) is 26.2 Å². The fraction of sp³-hybridized carbons (Fsp3) is 0.500. The van der Waals surface area contributed by atoms with Crippen LogP contribution in [-0.2, 0) is 10.2 Å². The van der Waals surface area contributed by atoms with Gasteiger partial charge in [-0.05, 0) is 53.9 Å². The van der Waals surface area contributed by atoms with Crippen molar-refractivity contribution in [1.82, 2.24) is 40.7 Å². The number of nitrogens with one attached hydrogen (secondary N) is 2. The second-order valence-electron chi connectivity index (χ2n) is 11.9. The Morgan fingerprint density at radius 2 is 2.09 bits per heavy atom. The Bertz CT molecular complexity index is 1560. The first-order chi connectivity index (χ1) is 20.5. The molecule has 5 heterocycles. The summed E-state index contributed by atoms with van der Waals surface area (Å²) in [6, 6.07) is 1.92. The highest BCUT2D eigenvalue weighted by molar-refractivity contribution is 7.11. The molecule has 0 saturated carbocycles. The van der Waals surface area contributed by atoms with Crippen molar-refractivity contribution in [2.45, 2.75) is 63.1 Å². The molecule has 1 aromatic carbocycles. The highest BCUT2D eigenvalue weighted by Crippen LogP contribution is 2.43. The van der Waals surface area contributed by atoms with Crippen molar-refractivity contribution in [3.05, 3.63) is 68.8 Å². The lowest BCUT2D eigenvalue weighted by molar-refractivity contribution is -0.133. The van der Waals surface area contributed by atoms with Crippen molar-refractivity contribution >= 4 is 23.1 Å². The van der Waals surface area contributed by atoms with Crippen LogP contribution in [0.2, 0.25) is 0 Å². The number of H-pyrrole nitrogens is 1. The van der Waals surface area contributed by atoms with Crippen LogP contribution in [0.25, 0.3) is 0 Å². The van der Waals surface area contributed by atoms with E-state index in [4.69, 9.17) is 0 Å². The molecule has 3 aromatic rings. The first-order valence-electron chi connectivity index (χ1n) is 14.0. The number of aromatic nitrogens is 5. The van der Waals surface area contributed by atoms with Gasteiger partial charge in [-0.1, -0.05) is 26.0 Å². The van der Waals surface area contributed by atoms with Gasteiger partial charge in [-0.3, -0.25) is 14.8 Å². The third-order valence-corrected chi connectivity index (χ3v) is 9.53. The predicted octanol–water partition coefficient (Wildman–Crippen LogP) is 3.30. The van der Waals surface area contributed by atoms with Gasteiger partial charge in [0.15, 0.2) is 16.7 Å². The highest BCUT2D eigenvalue weighted by Gasteiger charge is 2.59. The molecular weight excluding hydrogens is 583 g/mol. The zero-order valence-electron chi connectivity index (χ0n) is 23.9. The van der Waals surface area contributed by atoms with Crippen molar-refractivity contribution in [3.63, 3.8) is 0 Å². The van der Waals surface area contributed by atoms with E-state index in [0.717, 1.165) is 0 Å². The molecule has 3 atom stereocenters. The number of rotatable bonds is 9. The van der Waals surface area contributed by atoms with Crippen LogP contribution in [0.3, 0.4) is 0 Å². The monoisotopic (exact) mass is 615 g/mol. The lowest BCUT2D eigenvalue weighted by atomic mass is 9.88. The van der Waals surface area contributed by atoms with Crippen LogP contribution in [0.15, 0.2) is 46.0 Å². The zero-order chi connectivity index (χ0) is 30.5. The maximum absolute atomic E-state index is 15.7. The first-order valence-corrected chi connectivity index (χ1v) is 14.9. The molecule has 3 aliphatic rings. The molecule has 6 rings (SSSR count). The van der Waals surface area contributed by atoms with E-state index in [9.17, 15) is 14.3 Å². The van der Waals surface area contributed by atoms with Crippen LogP contribution < -0.4 is 5.32 Å². The van der Waals surface area contributed by atoms with Gasteiger partial charge in [-0.2, -0.15) is 0 Å². The summed E-state index contributed by atoms with van der Waals surface area (Å²) >= 11 is 1.31. The molecule has 3 N–H and O–H groups in total. The third-order valence-electron chi connectivity index (χ3n) is 8.75. The van der Waals surface area contributed by atoms with E-state index in [2.05, 4.69) is 35.9 Å². The average molecular weight is 616 g/mol. The standard InChI is InChI=1S/C28H32F3N9O2S/c1-15-16(5-4-6-17(15)29)21-20(25(41)42)18(33-23(34-21)24-32-9-12-43-24)13-40-14-28(30,31)22-19(40)7-10-39(22)11-8-27(2,3)26-35-37-38-36-26/h4-6,9,12,19,21-22H,7-8,10-11,13-14H2,1-3H3,(H,33,34)(H,41,42)(H,35,36,37,38)/t19-,21-,22+/m0/s1. The van der Waals surface area contributed by atoms with Crippen molar-refractivity contribution in [1.29, 1.82) is 0 Å². The third kappa shape index (κ3) is 5.45. The molecule has 0 bridgehead atoms. The molecular formula is C28H32F3N9O2S. The van der Waals surface area contributed by atoms with Gasteiger partial charge < -0.3 is 10.4 Å². The van der Waals surface area contributed by atoms with Gasteiger partial charge in [0.1, 0.15) is 11.9 Å². The maximum Gasteiger partial charge on any atom is 0.335 e. The van der Waals surface area contributed by atoms with Gasteiger partial charge in [0, 0.05) is 41.8 Å². The van der Waals surface area contributed by atoms with Gasteiger partial charge in [0.2, 0.25) is 0 Å². The van der Waals surface area contributed by atoms with Crippen LogP contribution in [0, 0.1) is 12.7 Å². The Morgan fingerprint density at radius 3 is 2.79 bits per heavy atom. The predicted molar refractivity (Wildman–Crippen MR) is 152 cm³/mol. The number of carbonyl (C=O) groups is 1. The number of aliphatic carboxylic acids is 1. The summed E-state index contributed by atoms with van der Waals surface area (Å²) in [6.45, 7) is 5.85. The summed E-state index contributed by atoms with van der Waals surface area (Å²) in [4.78, 5) is 25.2. The summed E-state index contributed by atoms with van der Waals surface area (Å²) in [5.74, 6) is -3.83. The number of carboxylic acids is 1. The summed E-state index contributed by atoms with van der Waals surface area (Å²) in [5.41, 5.74) is 0.385. The van der Waals surface area contributed by atoms with Crippen molar-refractivity contribution in [2.24, 2.45) is 4.99 Å². The molecule has 43 heavy (non-hydrogen) atoms. The molecule has 15 heteroatoms. The number of aliphatic imine (C=N–C) groups is 1. The van der Waals surface area contributed by atoms with Gasteiger partial charge in [-0.15, -0.1) is 16.4 Å². The second-order valence-corrected chi connectivity index (χ2v) is 12.8. The maximum atomic E-state index is 15.7. The molecule has 0 radical (unpaired) electrons. The van der Waals surface area contributed by atoms with Crippen molar-refractivity contribution < 1.29 is 23.1 Å². The van der Waals surface area contributed by atoms with Crippen LogP contribution in [0.5, 0.6) is 0 Å². The number of carboxylic acid groups (broad SMARTS) is 1. The Labute approximate surface area is 249 Å². The smallest absolute Gasteiger partial charge is 0.335 e. The number of hydrogen-bond acceptors (Lipinski definition) is 10. The van der Waals surface area contributed by atoms with E-state index in [1.165, 1.54) is 23.5 Å². The van der Waals surface area contributed by atoms with Crippen LogP contribution in [-0.4, -0.2) is 96.5 Å². The molecule has 2 fully saturated rings. The quantitative estimate of drug-likeness (QED) is 0.331. The normalized spacial score (nSPS) is 24.2. The SMILES string of the molecule is Cc1c(F)cccc1[C@@H]1N=C(c2nccs2)NC(CN2CC(F)(F)[C@H]3[C@@H]2CCN3CCC(C)(C)c2nnn[nH]2)=C1C(=O)O. The zero-order valence-corrected chi connectivity index (χ0v) is 24.7. The average Bonchev–Trinajstić information content (AvgIpc) is 3.76. The summed E-state index contributed by atoms with van der Waals surface area (Å²) in [7, 11) is 0. The van der Waals surface area contributed by atoms with Gasteiger partial charge in [0.05, 0.1) is 18.2 Å². The van der Waals surface area contributed by atoms with E-state index < -0.39 is 47.8 Å². The Kier molecular flexibility index (Phi) is 7.59. The van der Waals surface area contributed by atoms with E-state index in [-0.39, 0.29) is 23.4 Å². The molecule has 11 nitrogen and oxygen atoms in total. The minimum atomic E-state index is -3.01. The van der Waals surface area contributed by atoms with Gasteiger partial charge in [0.25, 0.3) is 5.92 Å². The molecule has 228 valence electrons. The number of halogens is 3. The number of aromatic amines is 1. The lowest BCUT2D eigenvalue weighted by Crippen LogP contribution is -2.46. The molecule has 0 spiro atoms. The number of amidine groups is 1. The second kappa shape index (κ2) is 11.1. The number of alkyl halides is 2. The van der Waals surface area contributed by atoms with Crippen LogP contribution in [0.4, 0.5) is 13.2 Å². The summed E-state index contributed by atoms with van der Waals surface area (Å²) in [5, 5.41) is 29.8. The van der Waals surface area contributed by atoms with Crippen molar-refractivity contribution in [3.8, 4) is 0 Å². The number of likely N-dealkylation sites (tertiary alicyclic amines) is 2. The number of nitrogens with zero attached hydrogens (tertiary/aromatic N) is 7. The molecule has 2 aromatic heterocycles. The van der Waals surface area contributed by atoms with Gasteiger partial charge in [-0.25, -0.2) is 28.0 Å². The van der Waals surface area contributed by atoms with Gasteiger partial charge >= 0.3 is 5.97 Å². The molecule has 2 saturated heterocycles. The molecule has 0 amide bonds. The van der Waals surface area contributed by atoms with Crippen LogP contribution >= 0.6 is 11.3 Å². The first kappa shape index (κ1) is 29.4.